The van der Waals surface area contributed by atoms with E-state index in [2.05, 4.69) is 0 Å². The minimum atomic E-state index is -0.236. The lowest BCUT2D eigenvalue weighted by atomic mass is 9.87. The largest absolute Gasteiger partial charge is 0.458 e. The van der Waals surface area contributed by atoms with Crippen molar-refractivity contribution < 1.29 is 14.6 Å². The normalized spacial score (nSPS) is 25.4. The molecule has 3 nitrogen and oxygen atoms in total. The van der Waals surface area contributed by atoms with E-state index in [4.69, 9.17) is 4.74 Å². The van der Waals surface area contributed by atoms with E-state index in [1.165, 1.54) is 0 Å². The van der Waals surface area contributed by atoms with Crippen LogP contribution in [-0.2, 0) is 9.53 Å². The third-order valence-corrected chi connectivity index (χ3v) is 3.59. The summed E-state index contributed by atoms with van der Waals surface area (Å²) in [6.07, 6.45) is 2.45. The van der Waals surface area contributed by atoms with Gasteiger partial charge in [-0.1, -0.05) is 30.3 Å². The van der Waals surface area contributed by atoms with E-state index < -0.39 is 0 Å². The molecule has 0 amide bonds. The minimum absolute atomic E-state index is 0.0421. The van der Waals surface area contributed by atoms with Gasteiger partial charge in [0.25, 0.3) is 0 Å². The van der Waals surface area contributed by atoms with Gasteiger partial charge in [0, 0.05) is 0 Å². The number of hydrogen-bond donors (Lipinski definition) is 1. The van der Waals surface area contributed by atoms with Gasteiger partial charge in [-0.15, -0.1) is 0 Å². The highest BCUT2D eigenvalue weighted by Crippen LogP contribution is 2.27. The molecule has 18 heavy (non-hydrogen) atoms. The van der Waals surface area contributed by atoms with Crippen molar-refractivity contribution in [3.05, 3.63) is 35.9 Å². The van der Waals surface area contributed by atoms with E-state index in [1.54, 1.807) is 0 Å². The topological polar surface area (TPSA) is 46.5 Å². The van der Waals surface area contributed by atoms with E-state index in [0.29, 0.717) is 12.8 Å². The molecule has 2 rings (SSSR count). The van der Waals surface area contributed by atoms with Crippen molar-refractivity contribution in [2.75, 3.05) is 0 Å². The van der Waals surface area contributed by atoms with E-state index in [9.17, 15) is 9.90 Å². The summed E-state index contributed by atoms with van der Waals surface area (Å²) in [5, 5.41) is 9.42. The standard InChI is InChI=1S/C15H20O3/c1-11(12-5-3-2-4-6-12)18-15(17)13-7-9-14(16)10-8-13/h2-6,11,13-14,16H,7-10H2,1H3/t11-,13?,14?/m0/s1. The molecule has 0 bridgehead atoms. The zero-order valence-corrected chi connectivity index (χ0v) is 10.7. The summed E-state index contributed by atoms with van der Waals surface area (Å²) in [7, 11) is 0. The molecule has 0 spiro atoms. The molecule has 3 heteroatoms. The van der Waals surface area contributed by atoms with Crippen molar-refractivity contribution in [1.82, 2.24) is 0 Å². The van der Waals surface area contributed by atoms with Gasteiger partial charge in [-0.25, -0.2) is 0 Å². The molecule has 1 fully saturated rings. The Hall–Kier alpha value is -1.35. The Labute approximate surface area is 108 Å². The lowest BCUT2D eigenvalue weighted by Gasteiger charge is -2.25. The monoisotopic (exact) mass is 248 g/mol. The van der Waals surface area contributed by atoms with Crippen molar-refractivity contribution in [3.8, 4) is 0 Å². The molecule has 0 aliphatic heterocycles. The van der Waals surface area contributed by atoms with Crippen LogP contribution in [0.4, 0.5) is 0 Å². The fourth-order valence-corrected chi connectivity index (χ4v) is 2.37. The van der Waals surface area contributed by atoms with Gasteiger partial charge in [0.05, 0.1) is 12.0 Å². The highest BCUT2D eigenvalue weighted by Gasteiger charge is 2.27. The van der Waals surface area contributed by atoms with E-state index in [1.807, 2.05) is 37.3 Å². The fraction of sp³-hybridized carbons (Fsp3) is 0.533. The maximum atomic E-state index is 12.0. The van der Waals surface area contributed by atoms with Gasteiger partial charge in [-0.3, -0.25) is 4.79 Å². The van der Waals surface area contributed by atoms with E-state index >= 15 is 0 Å². The molecule has 1 N–H and O–H groups in total. The van der Waals surface area contributed by atoms with E-state index in [0.717, 1.165) is 18.4 Å². The van der Waals surface area contributed by atoms with Crippen LogP contribution in [-0.4, -0.2) is 17.2 Å². The van der Waals surface area contributed by atoms with Gasteiger partial charge >= 0.3 is 5.97 Å². The molecule has 1 aromatic rings. The number of aliphatic hydroxyl groups excluding tert-OH is 1. The lowest BCUT2D eigenvalue weighted by molar-refractivity contribution is -0.155. The van der Waals surface area contributed by atoms with Crippen LogP contribution in [0.3, 0.4) is 0 Å². The third kappa shape index (κ3) is 3.33. The smallest absolute Gasteiger partial charge is 0.309 e. The number of ether oxygens (including phenoxy) is 1. The van der Waals surface area contributed by atoms with Crippen molar-refractivity contribution in [2.45, 2.75) is 44.8 Å². The Morgan fingerprint density at radius 3 is 2.44 bits per heavy atom. The first-order chi connectivity index (χ1) is 8.66. The number of aliphatic hydroxyl groups is 1. The molecule has 1 saturated carbocycles. The Kier molecular flexibility index (Phi) is 4.37. The number of carbonyl (C=O) groups excluding carboxylic acids is 1. The van der Waals surface area contributed by atoms with Crippen LogP contribution < -0.4 is 0 Å². The third-order valence-electron chi connectivity index (χ3n) is 3.59. The summed E-state index contributed by atoms with van der Waals surface area (Å²) < 4.78 is 5.49. The highest BCUT2D eigenvalue weighted by molar-refractivity contribution is 5.72. The molecule has 1 aromatic carbocycles. The first kappa shape index (κ1) is 13.1. The van der Waals surface area contributed by atoms with Crippen LogP contribution in [0.1, 0.15) is 44.3 Å². The Bertz CT molecular complexity index is 380. The molecule has 0 heterocycles. The van der Waals surface area contributed by atoms with Crippen LogP contribution in [0.15, 0.2) is 30.3 Å². The maximum Gasteiger partial charge on any atom is 0.309 e. The van der Waals surface area contributed by atoms with Gasteiger partial charge in [0.1, 0.15) is 6.10 Å². The van der Waals surface area contributed by atoms with Crippen molar-refractivity contribution in [3.63, 3.8) is 0 Å². The molecule has 0 radical (unpaired) electrons. The summed E-state index contributed by atoms with van der Waals surface area (Å²) in [6.45, 7) is 1.89. The summed E-state index contributed by atoms with van der Waals surface area (Å²) in [6, 6.07) is 9.75. The Morgan fingerprint density at radius 1 is 1.22 bits per heavy atom. The zero-order valence-electron chi connectivity index (χ0n) is 10.7. The van der Waals surface area contributed by atoms with Crippen molar-refractivity contribution >= 4 is 5.97 Å². The van der Waals surface area contributed by atoms with Crippen LogP contribution in [0.25, 0.3) is 0 Å². The predicted molar refractivity (Wildman–Crippen MR) is 68.9 cm³/mol. The number of hydrogen-bond acceptors (Lipinski definition) is 3. The van der Waals surface area contributed by atoms with Crippen molar-refractivity contribution in [2.24, 2.45) is 5.92 Å². The predicted octanol–water partition coefficient (Wildman–Crippen LogP) is 2.84. The summed E-state index contributed by atoms with van der Waals surface area (Å²) in [5.41, 5.74) is 1.02. The van der Waals surface area contributed by atoms with Crippen LogP contribution in [0.5, 0.6) is 0 Å². The van der Waals surface area contributed by atoms with Gasteiger partial charge in [-0.2, -0.15) is 0 Å². The number of esters is 1. The molecule has 0 aromatic heterocycles. The number of rotatable bonds is 3. The van der Waals surface area contributed by atoms with Gasteiger partial charge < -0.3 is 9.84 Å². The van der Waals surface area contributed by atoms with Gasteiger partial charge in [0.15, 0.2) is 0 Å². The maximum absolute atomic E-state index is 12.0. The fourth-order valence-electron chi connectivity index (χ4n) is 2.37. The molecule has 0 saturated heterocycles. The summed E-state index contributed by atoms with van der Waals surface area (Å²) in [5.74, 6) is -0.169. The minimum Gasteiger partial charge on any atom is -0.458 e. The van der Waals surface area contributed by atoms with Crippen LogP contribution >= 0.6 is 0 Å². The SMILES string of the molecule is C[C@H](OC(=O)C1CCC(O)CC1)c1ccccc1. The number of carbonyl (C=O) groups is 1. The van der Waals surface area contributed by atoms with Crippen LogP contribution in [0.2, 0.25) is 0 Å². The quantitative estimate of drug-likeness (QED) is 0.837. The average molecular weight is 248 g/mol. The average Bonchev–Trinajstić information content (AvgIpc) is 2.40. The Balaban J connectivity index is 1.87. The first-order valence-electron chi connectivity index (χ1n) is 6.60. The first-order valence-corrected chi connectivity index (χ1v) is 6.60. The molecule has 98 valence electrons. The highest BCUT2D eigenvalue weighted by atomic mass is 16.5. The number of benzene rings is 1. The molecule has 1 atom stereocenters. The Morgan fingerprint density at radius 2 is 1.83 bits per heavy atom. The molecule has 1 aliphatic carbocycles. The summed E-state index contributed by atoms with van der Waals surface area (Å²) in [4.78, 5) is 12.0. The van der Waals surface area contributed by atoms with E-state index in [-0.39, 0.29) is 24.1 Å². The molecular weight excluding hydrogens is 228 g/mol. The van der Waals surface area contributed by atoms with Crippen molar-refractivity contribution in [1.29, 1.82) is 0 Å². The summed E-state index contributed by atoms with van der Waals surface area (Å²) >= 11 is 0. The molecular formula is C15H20O3. The zero-order chi connectivity index (χ0) is 13.0. The molecule has 0 unspecified atom stereocenters. The van der Waals surface area contributed by atoms with Gasteiger partial charge in [0.2, 0.25) is 0 Å². The molecule has 1 aliphatic rings. The second-order valence-corrected chi connectivity index (χ2v) is 5.00. The van der Waals surface area contributed by atoms with Crippen LogP contribution in [0, 0.1) is 5.92 Å². The second-order valence-electron chi connectivity index (χ2n) is 5.00. The second kappa shape index (κ2) is 6.01. The lowest BCUT2D eigenvalue weighted by Crippen LogP contribution is -2.26. The van der Waals surface area contributed by atoms with Gasteiger partial charge in [-0.05, 0) is 38.2 Å².